The molecule has 430 valence electrons. The molecule has 3 saturated carbocycles. The summed E-state index contributed by atoms with van der Waals surface area (Å²) in [4.78, 5) is 0. The van der Waals surface area contributed by atoms with Crippen LogP contribution in [0.3, 0.4) is 0 Å². The lowest BCUT2D eigenvalue weighted by Gasteiger charge is -2.58. The molecule has 14 N–H and O–H groups in total. The topological polar surface area (TPSA) is 366 Å². The van der Waals surface area contributed by atoms with Gasteiger partial charge in [0.25, 0.3) is 0 Å². The summed E-state index contributed by atoms with van der Waals surface area (Å²) >= 11 is 0. The van der Waals surface area contributed by atoms with Crippen molar-refractivity contribution < 1.29 is 114 Å². The van der Waals surface area contributed by atoms with E-state index in [9.17, 15) is 71.5 Å². The molecule has 5 saturated heterocycles. The number of aliphatic hydroxyl groups excluding tert-OH is 13. The molecule has 0 aromatic heterocycles. The summed E-state index contributed by atoms with van der Waals surface area (Å²) in [6, 6.07) is 0. The molecule has 9 rings (SSSR count). The highest BCUT2D eigenvalue weighted by Crippen LogP contribution is 2.70. The van der Waals surface area contributed by atoms with E-state index in [2.05, 4.69) is 33.4 Å². The third-order valence-electron chi connectivity index (χ3n) is 19.7. The van der Waals surface area contributed by atoms with Gasteiger partial charge in [-0.25, -0.2) is 0 Å². The van der Waals surface area contributed by atoms with E-state index in [4.69, 9.17) is 42.6 Å². The second-order valence-electron chi connectivity index (χ2n) is 24.0. The highest BCUT2D eigenvalue weighted by molar-refractivity contribution is 5.26. The van der Waals surface area contributed by atoms with Crippen LogP contribution in [0.5, 0.6) is 0 Å². The summed E-state index contributed by atoms with van der Waals surface area (Å²) in [5, 5.41) is 149. The maximum Gasteiger partial charge on any atom is 0.195 e. The number of fused-ring (bicyclic) bond motifs is 7. The summed E-state index contributed by atoms with van der Waals surface area (Å²) < 4.78 is 54.6. The van der Waals surface area contributed by atoms with Crippen LogP contribution < -0.4 is 0 Å². The van der Waals surface area contributed by atoms with Crippen LogP contribution in [0, 0.1) is 40.4 Å². The van der Waals surface area contributed by atoms with Crippen LogP contribution in [0.15, 0.2) is 23.8 Å². The van der Waals surface area contributed by atoms with Gasteiger partial charge in [-0.2, -0.15) is 0 Å². The molecule has 0 radical (unpaired) electrons. The van der Waals surface area contributed by atoms with Crippen molar-refractivity contribution in [3.8, 4) is 0 Å². The Labute approximate surface area is 436 Å². The van der Waals surface area contributed by atoms with E-state index in [1.165, 1.54) is 19.4 Å². The third-order valence-corrected chi connectivity index (χ3v) is 19.7. The Bertz CT molecular complexity index is 2010. The Morgan fingerprint density at radius 1 is 0.667 bits per heavy atom. The maximum atomic E-state index is 12.1. The molecule has 0 spiro atoms. The molecule has 4 aliphatic carbocycles. The minimum atomic E-state index is -1.86. The molecule has 0 aromatic carbocycles. The first-order valence-electron chi connectivity index (χ1n) is 27.0. The first kappa shape index (κ1) is 58.2. The van der Waals surface area contributed by atoms with Crippen molar-refractivity contribution in [3.63, 3.8) is 0 Å². The Kier molecular flexibility index (Phi) is 17.2. The van der Waals surface area contributed by atoms with Crippen LogP contribution in [0.4, 0.5) is 0 Å². The molecular weight excluding hydrogens is 993 g/mol. The smallest absolute Gasteiger partial charge is 0.195 e. The molecule has 0 bridgehead atoms. The summed E-state index contributed by atoms with van der Waals surface area (Å²) in [6.07, 6.45) is -21.7. The first-order valence-corrected chi connectivity index (χ1v) is 27.0. The predicted molar refractivity (Wildman–Crippen MR) is 255 cm³/mol. The van der Waals surface area contributed by atoms with Gasteiger partial charge < -0.3 is 114 Å². The van der Waals surface area contributed by atoms with Gasteiger partial charge in [0.2, 0.25) is 0 Å². The normalized spacial score (nSPS) is 54.8. The molecule has 0 aromatic rings. The molecule has 75 heavy (non-hydrogen) atoms. The average molecular weight is 1080 g/mol. The first-order chi connectivity index (χ1) is 35.3. The second kappa shape index (κ2) is 22.1. The fraction of sp³-hybridized carbons (Fsp3) is 0.923. The molecule has 9 aliphatic rings. The number of hydrogen-bond donors (Lipinski definition) is 14. The monoisotopic (exact) mass is 1080 g/mol. The SMILES string of the molecule is C=C(CCC1(O)OC2CC3C4CC=C5C[C@@H](OC6OC(CO)C(OC7OC(CO)C(O)[C@@H](O)[C@@H]7O)[C@@H](O)[C@@H]6OC6OC(C)C(O)[C@H](O)[C@@H]6O)CC[C@]5(C)C4CC[C@]3(C)C2[C@@H]1C)COC1(C)OC(CO)C(O)[C@@H](O)[C@@H]1O. The van der Waals surface area contributed by atoms with Crippen molar-refractivity contribution in [2.45, 2.75) is 233 Å². The van der Waals surface area contributed by atoms with Gasteiger partial charge in [-0.3, -0.25) is 0 Å². The lowest BCUT2D eigenvalue weighted by Crippen LogP contribution is -2.67. The molecule has 23 heteroatoms. The molecule has 30 atom stereocenters. The van der Waals surface area contributed by atoms with Crippen LogP contribution >= 0.6 is 0 Å². The van der Waals surface area contributed by atoms with Crippen molar-refractivity contribution in [2.24, 2.45) is 40.4 Å². The summed E-state index contributed by atoms with van der Waals surface area (Å²) in [7, 11) is 0. The second-order valence-corrected chi connectivity index (χ2v) is 24.0. The highest BCUT2D eigenvalue weighted by atomic mass is 16.8. The Morgan fingerprint density at radius 2 is 1.29 bits per heavy atom. The van der Waals surface area contributed by atoms with Crippen LogP contribution in [0.1, 0.15) is 92.4 Å². The minimum Gasteiger partial charge on any atom is -0.394 e. The minimum absolute atomic E-state index is 0.0715. The van der Waals surface area contributed by atoms with Crippen LogP contribution in [-0.2, 0) is 42.6 Å². The van der Waals surface area contributed by atoms with Crippen molar-refractivity contribution in [2.75, 3.05) is 26.4 Å². The number of aliphatic hydroxyl groups is 14. The molecule has 5 aliphatic heterocycles. The summed E-state index contributed by atoms with van der Waals surface area (Å²) in [5.74, 6) is -2.15. The van der Waals surface area contributed by atoms with Crippen molar-refractivity contribution in [1.82, 2.24) is 0 Å². The maximum absolute atomic E-state index is 12.1. The van der Waals surface area contributed by atoms with Gasteiger partial charge in [0.15, 0.2) is 30.4 Å². The number of ether oxygens (including phenoxy) is 9. The van der Waals surface area contributed by atoms with E-state index in [1.807, 2.05) is 0 Å². The van der Waals surface area contributed by atoms with Crippen molar-refractivity contribution >= 4 is 0 Å². The number of allylic oxidation sites excluding steroid dienone is 1. The molecule has 5 heterocycles. The standard InChI is InChI=1S/C52H84O23/c1-21(20-67-51(6)45(65)39(61)36(58)31(18-54)74-51)9-14-52(66)22(2)33-29(75-52)16-28-26-8-7-24-15-25(10-12-49(24,4)27(26)11-13-50(28,33)5)69-48-44(73-46-40(62)37(59)34(56)23(3)68-46)42(64)43(32(19-55)71-48)72-47-41(63)38(60)35(57)30(17-53)70-47/h7,22-23,25-48,53-66H,1,8-20H2,2-6H3/t22-,23?,25-,26?,27?,28?,29?,30?,31?,32?,33?,34?,35?,36?,37-,38+,39+,40-,41-,42+,43?,44-,45-,46?,47?,48?,49-,50-,51?,52?/m0/s1. The Hall–Kier alpha value is -1.44. The number of rotatable bonds is 15. The van der Waals surface area contributed by atoms with Crippen LogP contribution in [0.2, 0.25) is 0 Å². The molecule has 0 amide bonds. The van der Waals surface area contributed by atoms with Gasteiger partial charge in [-0.15, -0.1) is 0 Å². The fourth-order valence-electron chi connectivity index (χ4n) is 15.1. The van der Waals surface area contributed by atoms with E-state index >= 15 is 0 Å². The largest absolute Gasteiger partial charge is 0.394 e. The predicted octanol–water partition coefficient (Wildman–Crippen LogP) is -2.70. The zero-order chi connectivity index (χ0) is 54.4. The highest BCUT2D eigenvalue weighted by Gasteiger charge is 2.68. The van der Waals surface area contributed by atoms with Gasteiger partial charge in [-0.05, 0) is 99.7 Å². The fourth-order valence-corrected chi connectivity index (χ4v) is 15.1. The van der Waals surface area contributed by atoms with Crippen LogP contribution in [0.25, 0.3) is 0 Å². The molecule has 8 fully saturated rings. The van der Waals surface area contributed by atoms with Gasteiger partial charge in [0.05, 0.1) is 44.7 Å². The molecular formula is C52H84O23. The van der Waals surface area contributed by atoms with Gasteiger partial charge in [0.1, 0.15) is 91.6 Å². The van der Waals surface area contributed by atoms with Gasteiger partial charge >= 0.3 is 0 Å². The zero-order valence-corrected chi connectivity index (χ0v) is 43.4. The third kappa shape index (κ3) is 10.3. The average Bonchev–Trinajstić information content (AvgIpc) is 3.83. The van der Waals surface area contributed by atoms with E-state index in [1.54, 1.807) is 0 Å². The number of hydrogen-bond acceptors (Lipinski definition) is 23. The van der Waals surface area contributed by atoms with Crippen molar-refractivity contribution in [1.29, 1.82) is 0 Å². The van der Waals surface area contributed by atoms with E-state index in [0.717, 1.165) is 32.1 Å². The van der Waals surface area contributed by atoms with E-state index in [0.29, 0.717) is 42.6 Å². The lowest BCUT2D eigenvalue weighted by molar-refractivity contribution is -0.389. The summed E-state index contributed by atoms with van der Waals surface area (Å²) in [6.45, 7) is 11.6. The zero-order valence-electron chi connectivity index (χ0n) is 43.4. The Balaban J connectivity index is 0.851. The van der Waals surface area contributed by atoms with Crippen molar-refractivity contribution in [3.05, 3.63) is 23.8 Å². The van der Waals surface area contributed by atoms with Crippen LogP contribution in [-0.4, -0.2) is 238 Å². The lowest BCUT2D eigenvalue weighted by atomic mass is 9.47. The quantitative estimate of drug-likeness (QED) is 0.0742. The van der Waals surface area contributed by atoms with E-state index in [-0.39, 0.29) is 41.8 Å². The van der Waals surface area contributed by atoms with Gasteiger partial charge in [0, 0.05) is 12.3 Å². The molecule has 23 nitrogen and oxygen atoms in total. The summed E-state index contributed by atoms with van der Waals surface area (Å²) in [5.41, 5.74) is 1.57. The van der Waals surface area contributed by atoms with Gasteiger partial charge in [-0.1, -0.05) is 44.6 Å². The molecule has 18 unspecified atom stereocenters. The van der Waals surface area contributed by atoms with E-state index < -0.39 is 154 Å². The Morgan fingerprint density at radius 3 is 1.97 bits per heavy atom.